The molecule has 8 nitrogen and oxygen atoms in total. The first kappa shape index (κ1) is 21.2. The number of urea groups is 1. The molecule has 0 aliphatic carbocycles. The average molecular weight is 410 g/mol. The van der Waals surface area contributed by atoms with Gasteiger partial charge in [0, 0.05) is 32.2 Å². The molecule has 0 bridgehead atoms. The van der Waals surface area contributed by atoms with Gasteiger partial charge in [0.2, 0.25) is 5.91 Å². The van der Waals surface area contributed by atoms with Crippen LogP contribution in [0, 0.1) is 0 Å². The summed E-state index contributed by atoms with van der Waals surface area (Å²) in [7, 11) is 1.33. The molecule has 0 atom stereocenters. The van der Waals surface area contributed by atoms with Crippen molar-refractivity contribution in [2.45, 2.75) is 26.3 Å². The van der Waals surface area contributed by atoms with Gasteiger partial charge in [-0.3, -0.25) is 4.79 Å². The highest BCUT2D eigenvalue weighted by Crippen LogP contribution is 2.30. The van der Waals surface area contributed by atoms with E-state index in [1.165, 1.54) is 14.0 Å². The van der Waals surface area contributed by atoms with Gasteiger partial charge in [-0.2, -0.15) is 0 Å². The van der Waals surface area contributed by atoms with E-state index in [2.05, 4.69) is 20.9 Å². The average Bonchev–Trinajstić information content (AvgIpc) is 3.26. The van der Waals surface area contributed by atoms with Crippen molar-refractivity contribution in [3.05, 3.63) is 53.6 Å². The summed E-state index contributed by atoms with van der Waals surface area (Å²) in [5.41, 5.74) is 3.33. The number of benzene rings is 2. The molecule has 0 aromatic heterocycles. The Labute approximate surface area is 175 Å². The van der Waals surface area contributed by atoms with E-state index in [1.54, 1.807) is 24.3 Å². The van der Waals surface area contributed by atoms with Crippen LogP contribution in [-0.4, -0.2) is 38.1 Å². The van der Waals surface area contributed by atoms with Gasteiger partial charge in [-0.05, 0) is 48.7 Å². The predicted molar refractivity (Wildman–Crippen MR) is 116 cm³/mol. The number of ether oxygens (including phenoxy) is 1. The predicted octanol–water partition coefficient (Wildman–Crippen LogP) is 3.35. The Morgan fingerprint density at radius 3 is 2.50 bits per heavy atom. The maximum Gasteiger partial charge on any atom is 0.337 e. The van der Waals surface area contributed by atoms with Gasteiger partial charge in [0.1, 0.15) is 0 Å². The Bertz CT molecular complexity index is 938. The monoisotopic (exact) mass is 410 g/mol. The lowest BCUT2D eigenvalue weighted by molar-refractivity contribution is -0.114. The summed E-state index contributed by atoms with van der Waals surface area (Å²) in [6.45, 7) is 3.54. The fraction of sp³-hybridized carbons (Fsp3) is 0.318. The molecule has 0 spiro atoms. The van der Waals surface area contributed by atoms with Crippen molar-refractivity contribution in [1.29, 1.82) is 0 Å². The molecule has 0 radical (unpaired) electrons. The number of esters is 1. The van der Waals surface area contributed by atoms with Gasteiger partial charge < -0.3 is 25.6 Å². The maximum atomic E-state index is 12.5. The summed E-state index contributed by atoms with van der Waals surface area (Å²) < 4.78 is 4.79. The quantitative estimate of drug-likeness (QED) is 0.634. The van der Waals surface area contributed by atoms with E-state index in [9.17, 15) is 14.4 Å². The van der Waals surface area contributed by atoms with Gasteiger partial charge in [0.05, 0.1) is 24.0 Å². The summed E-state index contributed by atoms with van der Waals surface area (Å²) in [6.07, 6.45) is 2.18. The van der Waals surface area contributed by atoms with Crippen LogP contribution in [0.15, 0.2) is 42.5 Å². The van der Waals surface area contributed by atoms with Crippen LogP contribution in [0.3, 0.4) is 0 Å². The van der Waals surface area contributed by atoms with E-state index in [4.69, 9.17) is 4.74 Å². The van der Waals surface area contributed by atoms with E-state index in [0.29, 0.717) is 16.9 Å². The number of hydrogen-bond donors (Lipinski definition) is 3. The van der Waals surface area contributed by atoms with Crippen LogP contribution < -0.4 is 20.9 Å². The summed E-state index contributed by atoms with van der Waals surface area (Å²) in [4.78, 5) is 37.8. The maximum absolute atomic E-state index is 12.5. The molecule has 1 saturated heterocycles. The second kappa shape index (κ2) is 9.78. The molecule has 1 fully saturated rings. The smallest absolute Gasteiger partial charge is 0.337 e. The molecular weight excluding hydrogens is 384 g/mol. The number of rotatable bonds is 6. The normalized spacial score (nSPS) is 12.9. The van der Waals surface area contributed by atoms with E-state index < -0.39 is 5.97 Å². The lowest BCUT2D eigenvalue weighted by Crippen LogP contribution is -2.29. The van der Waals surface area contributed by atoms with Crippen LogP contribution in [0.4, 0.5) is 21.9 Å². The third-order valence-corrected chi connectivity index (χ3v) is 4.81. The molecule has 158 valence electrons. The second-order valence-corrected chi connectivity index (χ2v) is 7.11. The zero-order valence-corrected chi connectivity index (χ0v) is 17.2. The summed E-state index contributed by atoms with van der Waals surface area (Å²) in [5, 5.41) is 8.38. The number of nitrogens with zero attached hydrogens (tertiary/aromatic N) is 1. The molecule has 0 unspecified atom stereocenters. The Morgan fingerprint density at radius 1 is 1.03 bits per heavy atom. The SMILES string of the molecule is COC(=O)c1ccc(N2CCCC2)c(NC(=O)NCc2cccc(NC(C)=O)c2)c1. The van der Waals surface area contributed by atoms with Crippen LogP contribution in [0.1, 0.15) is 35.7 Å². The van der Waals surface area contributed by atoms with E-state index in [0.717, 1.165) is 37.2 Å². The van der Waals surface area contributed by atoms with Crippen molar-refractivity contribution >= 4 is 35.0 Å². The highest BCUT2D eigenvalue weighted by Gasteiger charge is 2.19. The third kappa shape index (κ3) is 5.50. The highest BCUT2D eigenvalue weighted by atomic mass is 16.5. The first-order valence-corrected chi connectivity index (χ1v) is 9.85. The first-order chi connectivity index (χ1) is 14.5. The molecule has 8 heteroatoms. The van der Waals surface area contributed by atoms with E-state index in [-0.39, 0.29) is 18.5 Å². The molecular formula is C22H26N4O4. The van der Waals surface area contributed by atoms with E-state index in [1.807, 2.05) is 18.2 Å². The van der Waals surface area contributed by atoms with Gasteiger partial charge in [0.25, 0.3) is 0 Å². The summed E-state index contributed by atoms with van der Waals surface area (Å²) in [6, 6.07) is 12.0. The van der Waals surface area contributed by atoms with Gasteiger partial charge in [0.15, 0.2) is 0 Å². The Kier molecular flexibility index (Phi) is 6.90. The largest absolute Gasteiger partial charge is 0.465 e. The fourth-order valence-electron chi connectivity index (χ4n) is 3.43. The molecule has 1 heterocycles. The minimum Gasteiger partial charge on any atom is -0.465 e. The van der Waals surface area contributed by atoms with Crippen molar-refractivity contribution in [3.8, 4) is 0 Å². The molecule has 30 heavy (non-hydrogen) atoms. The minimum absolute atomic E-state index is 0.155. The van der Waals surface area contributed by atoms with Crippen molar-refractivity contribution in [3.63, 3.8) is 0 Å². The minimum atomic E-state index is -0.457. The molecule has 3 N–H and O–H groups in total. The zero-order chi connectivity index (χ0) is 21.5. The number of nitrogens with one attached hydrogen (secondary N) is 3. The molecule has 2 aromatic rings. The van der Waals surface area contributed by atoms with E-state index >= 15 is 0 Å². The van der Waals surface area contributed by atoms with Crippen LogP contribution in [0.5, 0.6) is 0 Å². The Hall–Kier alpha value is -3.55. The van der Waals surface area contributed by atoms with Gasteiger partial charge in [-0.25, -0.2) is 9.59 Å². The molecule has 2 aromatic carbocycles. The van der Waals surface area contributed by atoms with Gasteiger partial charge in [-0.15, -0.1) is 0 Å². The van der Waals surface area contributed by atoms with Gasteiger partial charge in [-0.1, -0.05) is 12.1 Å². The third-order valence-electron chi connectivity index (χ3n) is 4.81. The number of amides is 3. The standard InChI is InChI=1S/C22H26N4O4/c1-15(27)24-18-7-5-6-16(12-18)14-23-22(29)25-19-13-17(21(28)30-2)8-9-20(19)26-10-3-4-11-26/h5-9,12-13H,3-4,10-11,14H2,1-2H3,(H,24,27)(H2,23,25,29). The highest BCUT2D eigenvalue weighted by molar-refractivity contribution is 5.97. The van der Waals surface area contributed by atoms with Crippen LogP contribution in [-0.2, 0) is 16.1 Å². The number of methoxy groups -OCH3 is 1. The van der Waals surface area contributed by atoms with Crippen molar-refractivity contribution in [2.75, 3.05) is 35.7 Å². The first-order valence-electron chi connectivity index (χ1n) is 9.85. The zero-order valence-electron chi connectivity index (χ0n) is 17.2. The van der Waals surface area contributed by atoms with Crippen LogP contribution in [0.25, 0.3) is 0 Å². The molecule has 3 amide bonds. The van der Waals surface area contributed by atoms with Crippen LogP contribution >= 0.6 is 0 Å². The lowest BCUT2D eigenvalue weighted by Gasteiger charge is -2.22. The fourth-order valence-corrected chi connectivity index (χ4v) is 3.43. The van der Waals surface area contributed by atoms with Crippen LogP contribution in [0.2, 0.25) is 0 Å². The Morgan fingerprint density at radius 2 is 1.80 bits per heavy atom. The number of anilines is 3. The summed E-state index contributed by atoms with van der Waals surface area (Å²) in [5.74, 6) is -0.612. The number of carbonyl (C=O) groups excluding carboxylic acids is 3. The molecule has 1 aliphatic rings. The van der Waals surface area contributed by atoms with Crippen molar-refractivity contribution < 1.29 is 19.1 Å². The lowest BCUT2D eigenvalue weighted by atomic mass is 10.1. The molecule has 1 aliphatic heterocycles. The molecule has 3 rings (SSSR count). The topological polar surface area (TPSA) is 99.8 Å². The summed E-state index contributed by atoms with van der Waals surface area (Å²) >= 11 is 0. The van der Waals surface area contributed by atoms with Gasteiger partial charge >= 0.3 is 12.0 Å². The number of carbonyl (C=O) groups is 3. The second-order valence-electron chi connectivity index (χ2n) is 7.11. The molecule has 0 saturated carbocycles. The van der Waals surface area contributed by atoms with Crippen molar-refractivity contribution in [1.82, 2.24) is 5.32 Å². The Balaban J connectivity index is 1.70. The van der Waals surface area contributed by atoms with Crippen molar-refractivity contribution in [2.24, 2.45) is 0 Å². The number of hydrogen-bond acceptors (Lipinski definition) is 5.